The van der Waals surface area contributed by atoms with Crippen LogP contribution in [0, 0.1) is 0 Å². The number of ether oxygens (including phenoxy) is 2. The molecule has 0 N–H and O–H groups in total. The van der Waals surface area contributed by atoms with Crippen molar-refractivity contribution in [2.24, 2.45) is 0 Å². The zero-order chi connectivity index (χ0) is 15.6. The summed E-state index contributed by atoms with van der Waals surface area (Å²) in [4.78, 5) is 14.5. The highest BCUT2D eigenvalue weighted by molar-refractivity contribution is 5.92. The molecule has 2 aliphatic heterocycles. The van der Waals surface area contributed by atoms with Crippen molar-refractivity contribution in [2.75, 3.05) is 19.8 Å². The molecule has 4 rings (SSSR count). The molecule has 120 valence electrons. The van der Waals surface area contributed by atoms with Crippen LogP contribution in [0.4, 0.5) is 0 Å². The van der Waals surface area contributed by atoms with Crippen LogP contribution >= 0.6 is 0 Å². The molecule has 0 bridgehead atoms. The van der Waals surface area contributed by atoms with Gasteiger partial charge in [-0.2, -0.15) is 0 Å². The third-order valence-corrected chi connectivity index (χ3v) is 4.40. The minimum absolute atomic E-state index is 0.0513. The van der Waals surface area contributed by atoms with E-state index in [4.69, 9.17) is 13.9 Å². The van der Waals surface area contributed by atoms with Gasteiger partial charge < -0.3 is 18.8 Å². The lowest BCUT2D eigenvalue weighted by atomic mass is 10.0. The number of furan rings is 1. The molecule has 1 aromatic carbocycles. The van der Waals surface area contributed by atoms with Crippen molar-refractivity contribution in [3.8, 4) is 11.5 Å². The van der Waals surface area contributed by atoms with Crippen LogP contribution < -0.4 is 9.47 Å². The van der Waals surface area contributed by atoms with Crippen LogP contribution in [-0.4, -0.2) is 30.6 Å². The molecule has 1 amide bonds. The third-order valence-electron chi connectivity index (χ3n) is 4.40. The van der Waals surface area contributed by atoms with Gasteiger partial charge in [0.15, 0.2) is 17.3 Å². The minimum Gasteiger partial charge on any atom is -0.490 e. The fourth-order valence-corrected chi connectivity index (χ4v) is 3.29. The number of hydrogen-bond acceptors (Lipinski definition) is 4. The van der Waals surface area contributed by atoms with E-state index >= 15 is 0 Å². The molecule has 23 heavy (non-hydrogen) atoms. The number of likely N-dealkylation sites (tertiary alicyclic amines) is 1. The Morgan fingerprint density at radius 1 is 1.09 bits per heavy atom. The normalized spacial score (nSPS) is 20.3. The van der Waals surface area contributed by atoms with Crippen molar-refractivity contribution < 1.29 is 18.7 Å². The molecule has 5 heteroatoms. The molecule has 0 spiro atoms. The highest BCUT2D eigenvalue weighted by atomic mass is 16.5. The van der Waals surface area contributed by atoms with Gasteiger partial charge >= 0.3 is 0 Å². The van der Waals surface area contributed by atoms with E-state index in [1.165, 1.54) is 6.26 Å². The van der Waals surface area contributed by atoms with Crippen LogP contribution in [0.2, 0.25) is 0 Å². The van der Waals surface area contributed by atoms with Gasteiger partial charge in [-0.25, -0.2) is 0 Å². The Kier molecular flexibility index (Phi) is 3.69. The maximum absolute atomic E-state index is 12.6. The van der Waals surface area contributed by atoms with Crippen LogP contribution in [0.1, 0.15) is 41.4 Å². The second kappa shape index (κ2) is 5.99. The molecule has 1 aromatic heterocycles. The summed E-state index contributed by atoms with van der Waals surface area (Å²) in [6, 6.07) is 9.51. The summed E-state index contributed by atoms with van der Waals surface area (Å²) in [5, 5.41) is 0. The third kappa shape index (κ3) is 2.67. The van der Waals surface area contributed by atoms with Crippen molar-refractivity contribution in [3.63, 3.8) is 0 Å². The van der Waals surface area contributed by atoms with Crippen molar-refractivity contribution in [2.45, 2.75) is 25.3 Å². The fraction of sp³-hybridized carbons (Fsp3) is 0.389. The molecule has 1 fully saturated rings. The smallest absolute Gasteiger partial charge is 0.290 e. The molecule has 1 atom stereocenters. The second-order valence-electron chi connectivity index (χ2n) is 5.89. The zero-order valence-corrected chi connectivity index (χ0v) is 12.9. The Balaban J connectivity index is 1.61. The number of amides is 1. The Morgan fingerprint density at radius 2 is 1.96 bits per heavy atom. The minimum atomic E-state index is -0.0513. The number of carbonyl (C=O) groups excluding carboxylic acids is 1. The number of fused-ring (bicyclic) bond motifs is 1. The largest absolute Gasteiger partial charge is 0.490 e. The monoisotopic (exact) mass is 313 g/mol. The molecule has 3 heterocycles. The first-order valence-electron chi connectivity index (χ1n) is 8.07. The summed E-state index contributed by atoms with van der Waals surface area (Å²) in [5.74, 6) is 1.90. The highest BCUT2D eigenvalue weighted by Gasteiger charge is 2.32. The Bertz CT molecular complexity index is 695. The van der Waals surface area contributed by atoms with Gasteiger partial charge in [-0.05, 0) is 42.7 Å². The van der Waals surface area contributed by atoms with E-state index in [1.807, 2.05) is 23.1 Å². The standard InChI is InChI=1S/C18H19NO4/c20-18(16-5-2-9-22-16)19-8-1-4-14(19)13-6-7-15-17(12-13)23-11-3-10-21-15/h2,5-7,9,12,14H,1,3-4,8,10-11H2. The van der Waals surface area contributed by atoms with E-state index < -0.39 is 0 Å². The Morgan fingerprint density at radius 3 is 2.78 bits per heavy atom. The van der Waals surface area contributed by atoms with Crippen molar-refractivity contribution in [1.82, 2.24) is 4.90 Å². The number of nitrogens with zero attached hydrogens (tertiary/aromatic N) is 1. The van der Waals surface area contributed by atoms with E-state index in [2.05, 4.69) is 0 Å². The van der Waals surface area contributed by atoms with E-state index in [0.717, 1.165) is 42.9 Å². The van der Waals surface area contributed by atoms with Gasteiger partial charge in [0.2, 0.25) is 0 Å². The van der Waals surface area contributed by atoms with E-state index in [0.29, 0.717) is 19.0 Å². The summed E-state index contributed by atoms with van der Waals surface area (Å²) in [6.45, 7) is 2.09. The number of hydrogen-bond donors (Lipinski definition) is 0. The molecule has 5 nitrogen and oxygen atoms in total. The van der Waals surface area contributed by atoms with Crippen LogP contribution in [0.3, 0.4) is 0 Å². The van der Waals surface area contributed by atoms with Gasteiger partial charge in [-0.3, -0.25) is 4.79 Å². The van der Waals surface area contributed by atoms with Crippen LogP contribution in [0.15, 0.2) is 41.0 Å². The van der Waals surface area contributed by atoms with Gasteiger partial charge in [-0.15, -0.1) is 0 Å². The van der Waals surface area contributed by atoms with Crippen LogP contribution in [0.25, 0.3) is 0 Å². The molecule has 0 radical (unpaired) electrons. The first-order chi connectivity index (χ1) is 11.3. The van der Waals surface area contributed by atoms with Crippen molar-refractivity contribution >= 4 is 5.91 Å². The van der Waals surface area contributed by atoms with E-state index in [9.17, 15) is 4.79 Å². The average molecular weight is 313 g/mol. The molecular weight excluding hydrogens is 294 g/mol. The Hall–Kier alpha value is -2.43. The predicted octanol–water partition coefficient (Wildman–Crippen LogP) is 3.42. The molecular formula is C18H19NO4. The molecule has 1 saturated heterocycles. The number of benzene rings is 1. The molecule has 0 aliphatic carbocycles. The molecule has 2 aromatic rings. The Labute approximate surface area is 134 Å². The van der Waals surface area contributed by atoms with E-state index in [1.54, 1.807) is 12.1 Å². The maximum atomic E-state index is 12.6. The lowest BCUT2D eigenvalue weighted by Crippen LogP contribution is -2.30. The van der Waals surface area contributed by atoms with Crippen LogP contribution in [0.5, 0.6) is 11.5 Å². The first-order valence-corrected chi connectivity index (χ1v) is 8.07. The summed E-state index contributed by atoms with van der Waals surface area (Å²) in [5.41, 5.74) is 1.09. The molecule has 1 unspecified atom stereocenters. The maximum Gasteiger partial charge on any atom is 0.290 e. The number of carbonyl (C=O) groups is 1. The van der Waals surface area contributed by atoms with Crippen molar-refractivity contribution in [1.29, 1.82) is 0 Å². The van der Waals surface area contributed by atoms with Crippen molar-refractivity contribution in [3.05, 3.63) is 47.9 Å². The fourth-order valence-electron chi connectivity index (χ4n) is 3.29. The second-order valence-corrected chi connectivity index (χ2v) is 5.89. The number of rotatable bonds is 2. The quantitative estimate of drug-likeness (QED) is 0.852. The summed E-state index contributed by atoms with van der Waals surface area (Å²) in [7, 11) is 0. The van der Waals surface area contributed by atoms with E-state index in [-0.39, 0.29) is 11.9 Å². The van der Waals surface area contributed by atoms with Crippen LogP contribution in [-0.2, 0) is 0 Å². The van der Waals surface area contributed by atoms with Gasteiger partial charge in [0.05, 0.1) is 25.5 Å². The van der Waals surface area contributed by atoms with Gasteiger partial charge in [0, 0.05) is 13.0 Å². The lowest BCUT2D eigenvalue weighted by molar-refractivity contribution is 0.0703. The molecule has 0 saturated carbocycles. The average Bonchev–Trinajstić information content (AvgIpc) is 3.22. The first kappa shape index (κ1) is 14.2. The summed E-state index contributed by atoms with van der Waals surface area (Å²) >= 11 is 0. The predicted molar refractivity (Wildman–Crippen MR) is 83.8 cm³/mol. The van der Waals surface area contributed by atoms with Gasteiger partial charge in [0.25, 0.3) is 5.91 Å². The van der Waals surface area contributed by atoms with Gasteiger partial charge in [0.1, 0.15) is 0 Å². The summed E-state index contributed by atoms with van der Waals surface area (Å²) < 4.78 is 16.7. The zero-order valence-electron chi connectivity index (χ0n) is 12.9. The summed E-state index contributed by atoms with van der Waals surface area (Å²) in [6.07, 6.45) is 4.36. The van der Waals surface area contributed by atoms with Gasteiger partial charge in [-0.1, -0.05) is 6.07 Å². The topological polar surface area (TPSA) is 51.9 Å². The lowest BCUT2D eigenvalue weighted by Gasteiger charge is -2.24. The highest BCUT2D eigenvalue weighted by Crippen LogP contribution is 2.38. The SMILES string of the molecule is O=C(c1ccco1)N1CCCC1c1ccc2c(c1)OCCCO2. The molecule has 2 aliphatic rings.